The maximum atomic E-state index is 4.65. The van der Waals surface area contributed by atoms with E-state index in [1.54, 1.807) is 0 Å². The van der Waals surface area contributed by atoms with E-state index in [1.807, 2.05) is 13.2 Å². The van der Waals surface area contributed by atoms with Crippen LogP contribution < -0.4 is 10.2 Å². The van der Waals surface area contributed by atoms with Gasteiger partial charge in [0.1, 0.15) is 5.82 Å². The van der Waals surface area contributed by atoms with Gasteiger partial charge in [-0.25, -0.2) is 4.98 Å². The zero-order valence-corrected chi connectivity index (χ0v) is 12.0. The van der Waals surface area contributed by atoms with E-state index < -0.39 is 0 Å². The first kappa shape index (κ1) is 13.1. The highest BCUT2D eigenvalue weighted by Crippen LogP contribution is 2.31. The Morgan fingerprint density at radius 3 is 2.85 bits per heavy atom. The van der Waals surface area contributed by atoms with Crippen molar-refractivity contribution < 1.29 is 0 Å². The van der Waals surface area contributed by atoms with Gasteiger partial charge in [0.25, 0.3) is 0 Å². The molecule has 0 unspecified atom stereocenters. The number of rotatable bonds is 3. The lowest BCUT2D eigenvalue weighted by atomic mass is 10.1. The smallest absolute Gasteiger partial charge is 0.132 e. The lowest BCUT2D eigenvalue weighted by Gasteiger charge is -2.24. The Hall–Kier alpha value is -1.87. The fourth-order valence-electron chi connectivity index (χ4n) is 2.81. The van der Waals surface area contributed by atoms with E-state index in [0.29, 0.717) is 0 Å². The summed E-state index contributed by atoms with van der Waals surface area (Å²) in [5, 5.41) is 3.16. The molecule has 104 valence electrons. The third-order valence-electron chi connectivity index (χ3n) is 3.83. The highest BCUT2D eigenvalue weighted by Gasteiger charge is 2.16. The van der Waals surface area contributed by atoms with Crippen LogP contribution in [-0.4, -0.2) is 18.6 Å². The first-order valence-corrected chi connectivity index (χ1v) is 7.33. The summed E-state index contributed by atoms with van der Waals surface area (Å²) in [6.45, 7) is 1.92. The van der Waals surface area contributed by atoms with E-state index in [-0.39, 0.29) is 0 Å². The Balaban J connectivity index is 1.92. The van der Waals surface area contributed by atoms with Gasteiger partial charge in [-0.15, -0.1) is 0 Å². The maximum Gasteiger partial charge on any atom is 0.132 e. The summed E-state index contributed by atoms with van der Waals surface area (Å²) in [5.74, 6) is 1.05. The number of nitrogens with zero attached hydrogens (tertiary/aromatic N) is 2. The number of pyridine rings is 1. The molecular formula is C17H21N3. The normalized spacial score (nSPS) is 14.8. The number of anilines is 2. The average molecular weight is 267 g/mol. The zero-order valence-electron chi connectivity index (χ0n) is 12.0. The predicted octanol–water partition coefficient (Wildman–Crippen LogP) is 3.28. The number of nitrogens with one attached hydrogen (secondary N) is 1. The van der Waals surface area contributed by atoms with Crippen LogP contribution in [0.3, 0.4) is 0 Å². The molecule has 1 aromatic carbocycles. The summed E-state index contributed by atoms with van der Waals surface area (Å²) in [6.07, 6.45) is 5.61. The molecule has 0 fully saturated rings. The van der Waals surface area contributed by atoms with Crippen molar-refractivity contribution in [2.45, 2.75) is 25.8 Å². The number of benzene rings is 1. The molecule has 0 amide bonds. The number of aromatic nitrogens is 1. The van der Waals surface area contributed by atoms with Gasteiger partial charge in [0.05, 0.1) is 0 Å². The monoisotopic (exact) mass is 267 g/mol. The van der Waals surface area contributed by atoms with Crippen LogP contribution in [0.4, 0.5) is 11.5 Å². The highest BCUT2D eigenvalue weighted by atomic mass is 15.2. The van der Waals surface area contributed by atoms with E-state index in [2.05, 4.69) is 51.6 Å². The molecule has 20 heavy (non-hydrogen) atoms. The minimum Gasteiger partial charge on any atom is -0.326 e. The molecule has 0 spiro atoms. The van der Waals surface area contributed by atoms with Crippen molar-refractivity contribution in [2.75, 3.05) is 18.5 Å². The molecule has 3 nitrogen and oxygen atoms in total. The van der Waals surface area contributed by atoms with Gasteiger partial charge in [0.2, 0.25) is 0 Å². The molecular weight excluding hydrogens is 246 g/mol. The molecule has 0 atom stereocenters. The Labute approximate surface area is 120 Å². The topological polar surface area (TPSA) is 28.2 Å². The number of para-hydroxylation sites is 1. The van der Waals surface area contributed by atoms with E-state index in [0.717, 1.165) is 18.9 Å². The average Bonchev–Trinajstić information content (AvgIpc) is 2.71. The molecule has 3 rings (SSSR count). The first-order valence-electron chi connectivity index (χ1n) is 7.33. The van der Waals surface area contributed by atoms with E-state index >= 15 is 0 Å². The molecule has 3 heteroatoms. The van der Waals surface area contributed by atoms with Gasteiger partial charge in [-0.1, -0.05) is 24.3 Å². The minimum atomic E-state index is 0.865. The molecule has 2 heterocycles. The van der Waals surface area contributed by atoms with Crippen LogP contribution in [0, 0.1) is 0 Å². The molecule has 1 aliphatic heterocycles. The lowest BCUT2D eigenvalue weighted by Crippen LogP contribution is -2.19. The minimum absolute atomic E-state index is 0.865. The van der Waals surface area contributed by atoms with Gasteiger partial charge >= 0.3 is 0 Å². The maximum absolute atomic E-state index is 4.65. The van der Waals surface area contributed by atoms with Crippen molar-refractivity contribution in [2.24, 2.45) is 0 Å². The Bertz CT molecular complexity index is 563. The van der Waals surface area contributed by atoms with Crippen molar-refractivity contribution in [3.05, 3.63) is 53.7 Å². The second kappa shape index (κ2) is 6.06. The molecule has 0 saturated heterocycles. The second-order valence-corrected chi connectivity index (χ2v) is 5.29. The van der Waals surface area contributed by atoms with Crippen LogP contribution in [0.1, 0.15) is 24.0 Å². The zero-order chi connectivity index (χ0) is 13.8. The number of hydrogen-bond acceptors (Lipinski definition) is 3. The fourth-order valence-corrected chi connectivity index (χ4v) is 2.81. The van der Waals surface area contributed by atoms with Crippen molar-refractivity contribution in [1.82, 2.24) is 10.3 Å². The molecule has 2 aromatic rings. The van der Waals surface area contributed by atoms with E-state index in [9.17, 15) is 0 Å². The summed E-state index contributed by atoms with van der Waals surface area (Å²) in [5.41, 5.74) is 3.98. The second-order valence-electron chi connectivity index (χ2n) is 5.29. The van der Waals surface area contributed by atoms with Gasteiger partial charge in [-0.3, -0.25) is 0 Å². The standard InChI is InChI=1S/C17H21N3/c1-18-12-14-9-10-17(19-13-14)20-11-5-4-7-15-6-2-3-8-16(15)20/h2-3,6,8-10,13,18H,4-5,7,11-12H2,1H3. The highest BCUT2D eigenvalue weighted by molar-refractivity contribution is 5.64. The summed E-state index contributed by atoms with van der Waals surface area (Å²) in [7, 11) is 1.96. The molecule has 0 saturated carbocycles. The molecule has 0 radical (unpaired) electrons. The predicted molar refractivity (Wildman–Crippen MR) is 83.4 cm³/mol. The van der Waals surface area contributed by atoms with Crippen LogP contribution in [-0.2, 0) is 13.0 Å². The van der Waals surface area contributed by atoms with Crippen molar-refractivity contribution >= 4 is 11.5 Å². The van der Waals surface area contributed by atoms with E-state index in [4.69, 9.17) is 0 Å². The summed E-state index contributed by atoms with van der Waals surface area (Å²) in [4.78, 5) is 7.00. The molecule has 0 bridgehead atoms. The SMILES string of the molecule is CNCc1ccc(N2CCCCc3ccccc32)nc1. The van der Waals surface area contributed by atoms with Crippen molar-refractivity contribution in [3.8, 4) is 0 Å². The van der Waals surface area contributed by atoms with Crippen LogP contribution in [0.5, 0.6) is 0 Å². The van der Waals surface area contributed by atoms with E-state index in [1.165, 1.54) is 36.1 Å². The summed E-state index contributed by atoms with van der Waals surface area (Å²) in [6, 6.07) is 13.0. The largest absolute Gasteiger partial charge is 0.326 e. The van der Waals surface area contributed by atoms with Crippen LogP contribution in [0.2, 0.25) is 0 Å². The number of aryl methyl sites for hydroxylation is 1. The van der Waals surface area contributed by atoms with Crippen molar-refractivity contribution in [3.63, 3.8) is 0 Å². The fraction of sp³-hybridized carbons (Fsp3) is 0.353. The quantitative estimate of drug-likeness (QED) is 0.925. The number of fused-ring (bicyclic) bond motifs is 1. The Kier molecular flexibility index (Phi) is 3.97. The lowest BCUT2D eigenvalue weighted by molar-refractivity contribution is 0.756. The number of hydrogen-bond donors (Lipinski definition) is 1. The Morgan fingerprint density at radius 2 is 2.05 bits per heavy atom. The molecule has 1 N–H and O–H groups in total. The molecule has 0 aliphatic carbocycles. The van der Waals surface area contributed by atoms with Crippen LogP contribution in [0.25, 0.3) is 0 Å². The van der Waals surface area contributed by atoms with Gasteiger partial charge in [-0.05, 0) is 49.6 Å². The summed E-state index contributed by atoms with van der Waals surface area (Å²) < 4.78 is 0. The third kappa shape index (κ3) is 2.68. The first-order chi connectivity index (χ1) is 9.88. The van der Waals surface area contributed by atoms with Gasteiger partial charge in [0, 0.05) is 25.0 Å². The van der Waals surface area contributed by atoms with Crippen LogP contribution >= 0.6 is 0 Å². The molecule has 1 aromatic heterocycles. The summed E-state index contributed by atoms with van der Waals surface area (Å²) >= 11 is 0. The van der Waals surface area contributed by atoms with Crippen LogP contribution in [0.15, 0.2) is 42.6 Å². The van der Waals surface area contributed by atoms with Crippen molar-refractivity contribution in [1.29, 1.82) is 0 Å². The van der Waals surface area contributed by atoms with Gasteiger partial charge in [-0.2, -0.15) is 0 Å². The van der Waals surface area contributed by atoms with Gasteiger partial charge < -0.3 is 10.2 Å². The Morgan fingerprint density at radius 1 is 1.15 bits per heavy atom. The molecule has 1 aliphatic rings. The van der Waals surface area contributed by atoms with Gasteiger partial charge in [0.15, 0.2) is 0 Å². The third-order valence-corrected chi connectivity index (χ3v) is 3.83.